The normalized spacial score (nSPS) is 26.3. The maximum absolute atomic E-state index is 13.0. The monoisotopic (exact) mass is 346 g/mol. The van der Waals surface area contributed by atoms with Gasteiger partial charge in [0, 0.05) is 17.0 Å². The fourth-order valence-electron chi connectivity index (χ4n) is 4.00. The number of aliphatic carboxylic acids is 1. The van der Waals surface area contributed by atoms with Crippen molar-refractivity contribution in [2.24, 2.45) is 5.92 Å². The lowest BCUT2D eigenvalue weighted by molar-refractivity contribution is -0.141. The van der Waals surface area contributed by atoms with E-state index >= 15 is 0 Å². The molecule has 3 heterocycles. The van der Waals surface area contributed by atoms with E-state index in [1.165, 1.54) is 11.3 Å². The van der Waals surface area contributed by atoms with E-state index in [0.717, 1.165) is 31.2 Å². The van der Waals surface area contributed by atoms with Gasteiger partial charge in [0.15, 0.2) is 0 Å². The molecule has 1 saturated heterocycles. The maximum atomic E-state index is 13.0. The van der Waals surface area contributed by atoms with Crippen LogP contribution in [0.1, 0.15) is 42.6 Å². The van der Waals surface area contributed by atoms with Crippen molar-refractivity contribution in [3.8, 4) is 10.6 Å². The lowest BCUT2D eigenvalue weighted by Gasteiger charge is -2.32. The molecule has 0 radical (unpaired) electrons. The second-order valence-corrected chi connectivity index (χ2v) is 7.32. The topological polar surface area (TPSA) is 83.6 Å². The number of thiazole rings is 1. The van der Waals surface area contributed by atoms with Crippen LogP contribution in [0, 0.1) is 5.92 Å². The van der Waals surface area contributed by atoms with E-state index in [1.54, 1.807) is 28.9 Å². The smallest absolute Gasteiger partial charge is 0.326 e. The van der Waals surface area contributed by atoms with Gasteiger partial charge in [-0.1, -0.05) is 12.8 Å². The average Bonchev–Trinajstić information content (AvgIpc) is 3.31. The molecule has 3 atom stereocenters. The zero-order valence-corrected chi connectivity index (χ0v) is 13.9. The minimum atomic E-state index is -0.914. The molecular weight excluding hydrogens is 328 g/mol. The van der Waals surface area contributed by atoms with Crippen molar-refractivity contribution in [1.82, 2.24) is 9.88 Å². The Hall–Kier alpha value is -2.15. The summed E-state index contributed by atoms with van der Waals surface area (Å²) in [5.41, 5.74) is 1.15. The van der Waals surface area contributed by atoms with E-state index in [0.29, 0.717) is 23.0 Å². The van der Waals surface area contributed by atoms with Crippen LogP contribution >= 0.6 is 11.3 Å². The van der Waals surface area contributed by atoms with E-state index in [1.807, 2.05) is 0 Å². The van der Waals surface area contributed by atoms with Gasteiger partial charge >= 0.3 is 5.97 Å². The van der Waals surface area contributed by atoms with Gasteiger partial charge in [-0.2, -0.15) is 0 Å². The molecule has 0 unspecified atom stereocenters. The maximum Gasteiger partial charge on any atom is 0.326 e. The minimum absolute atomic E-state index is 0.0337. The van der Waals surface area contributed by atoms with Gasteiger partial charge in [0.1, 0.15) is 23.0 Å². The molecule has 1 N–H and O–H groups in total. The van der Waals surface area contributed by atoms with Crippen LogP contribution in [-0.2, 0) is 4.79 Å². The van der Waals surface area contributed by atoms with Crippen LogP contribution in [0.5, 0.6) is 0 Å². The summed E-state index contributed by atoms with van der Waals surface area (Å²) in [6.07, 6.45) is 7.77. The molecule has 2 aliphatic rings. The molecule has 2 aromatic rings. The first-order valence-electron chi connectivity index (χ1n) is 8.18. The zero-order chi connectivity index (χ0) is 16.7. The number of rotatable bonds is 3. The van der Waals surface area contributed by atoms with Gasteiger partial charge in [0.05, 0.1) is 6.26 Å². The molecule has 6 nitrogen and oxygen atoms in total. The summed E-state index contributed by atoms with van der Waals surface area (Å²) < 4.78 is 5.05. The molecule has 4 rings (SSSR count). The fourth-order valence-corrected chi connectivity index (χ4v) is 4.78. The Kier molecular flexibility index (Phi) is 3.88. The first kappa shape index (κ1) is 15.4. The van der Waals surface area contributed by atoms with E-state index in [-0.39, 0.29) is 11.9 Å². The summed E-state index contributed by atoms with van der Waals surface area (Å²) >= 11 is 1.37. The van der Waals surface area contributed by atoms with Gasteiger partial charge in [-0.05, 0) is 31.2 Å². The van der Waals surface area contributed by atoms with E-state index in [4.69, 9.17) is 4.42 Å². The SMILES string of the molecule is O=C(O)[C@@H]1C[C@H]2CCCC[C@H]2N1C(=O)c1csc(-c2ccoc2)n1. The van der Waals surface area contributed by atoms with Crippen LogP contribution in [0.25, 0.3) is 10.6 Å². The molecule has 1 aliphatic heterocycles. The van der Waals surface area contributed by atoms with Gasteiger partial charge in [0.25, 0.3) is 5.91 Å². The highest BCUT2D eigenvalue weighted by atomic mass is 32.1. The van der Waals surface area contributed by atoms with Crippen molar-refractivity contribution in [2.75, 3.05) is 0 Å². The van der Waals surface area contributed by atoms with Gasteiger partial charge in [-0.3, -0.25) is 4.79 Å². The summed E-state index contributed by atoms with van der Waals surface area (Å²) in [5, 5.41) is 12.0. The minimum Gasteiger partial charge on any atom is -0.480 e. The number of carboxylic acids is 1. The second kappa shape index (κ2) is 6.05. The third-order valence-corrected chi connectivity index (χ3v) is 5.99. The number of likely N-dealkylation sites (tertiary alicyclic amines) is 1. The van der Waals surface area contributed by atoms with Crippen molar-refractivity contribution in [3.63, 3.8) is 0 Å². The second-order valence-electron chi connectivity index (χ2n) is 6.46. The largest absolute Gasteiger partial charge is 0.480 e. The molecule has 7 heteroatoms. The van der Waals surface area contributed by atoms with E-state index in [9.17, 15) is 14.7 Å². The molecule has 1 amide bonds. The number of carbonyl (C=O) groups excluding carboxylic acids is 1. The summed E-state index contributed by atoms with van der Waals surface area (Å²) in [4.78, 5) is 30.6. The van der Waals surface area contributed by atoms with Crippen LogP contribution < -0.4 is 0 Å². The predicted octanol–water partition coefficient (Wildman–Crippen LogP) is 3.26. The van der Waals surface area contributed by atoms with Crippen LogP contribution in [0.15, 0.2) is 28.4 Å². The molecule has 126 valence electrons. The van der Waals surface area contributed by atoms with Crippen molar-refractivity contribution >= 4 is 23.2 Å². The number of carbonyl (C=O) groups is 2. The molecule has 0 bridgehead atoms. The van der Waals surface area contributed by atoms with E-state index < -0.39 is 12.0 Å². The van der Waals surface area contributed by atoms with Gasteiger partial charge in [-0.25, -0.2) is 9.78 Å². The van der Waals surface area contributed by atoms with Gasteiger partial charge in [-0.15, -0.1) is 11.3 Å². The Morgan fingerprint density at radius 2 is 2.17 bits per heavy atom. The standard InChI is InChI=1S/C17H18N2O4S/c20-16(12-9-24-15(18-12)11-5-6-23-8-11)19-13-4-2-1-3-10(13)7-14(19)17(21)22/h5-6,8-10,13-14H,1-4,7H2,(H,21,22)/t10-,13-,14+/m1/s1. The number of fused-ring (bicyclic) bond motifs is 1. The number of hydrogen-bond acceptors (Lipinski definition) is 5. The Morgan fingerprint density at radius 1 is 1.33 bits per heavy atom. The molecule has 2 fully saturated rings. The van der Waals surface area contributed by atoms with Crippen molar-refractivity contribution in [1.29, 1.82) is 0 Å². The van der Waals surface area contributed by atoms with Crippen LogP contribution in [0.4, 0.5) is 0 Å². The third-order valence-electron chi connectivity index (χ3n) is 5.10. The molecule has 2 aromatic heterocycles. The highest BCUT2D eigenvalue weighted by Crippen LogP contribution is 2.40. The summed E-state index contributed by atoms with van der Waals surface area (Å²) in [5.74, 6) is -0.874. The summed E-state index contributed by atoms with van der Waals surface area (Å²) in [7, 11) is 0. The molecule has 24 heavy (non-hydrogen) atoms. The zero-order valence-electron chi connectivity index (χ0n) is 13.1. The Bertz CT molecular complexity index is 754. The summed E-state index contributed by atoms with van der Waals surface area (Å²) in [6.45, 7) is 0. The number of aromatic nitrogens is 1. The Labute approximate surface area is 143 Å². The molecular formula is C17H18N2O4S. The van der Waals surface area contributed by atoms with Gasteiger partial charge < -0.3 is 14.4 Å². The summed E-state index contributed by atoms with van der Waals surface area (Å²) in [6, 6.07) is 1.09. The number of nitrogens with zero attached hydrogens (tertiary/aromatic N) is 2. The first-order chi connectivity index (χ1) is 11.6. The number of furan rings is 1. The van der Waals surface area contributed by atoms with E-state index in [2.05, 4.69) is 4.98 Å². The Balaban J connectivity index is 1.63. The lowest BCUT2D eigenvalue weighted by Crippen LogP contribution is -2.46. The molecule has 1 saturated carbocycles. The van der Waals surface area contributed by atoms with Crippen molar-refractivity contribution < 1.29 is 19.1 Å². The third kappa shape index (κ3) is 2.53. The average molecular weight is 346 g/mol. The van der Waals surface area contributed by atoms with Gasteiger partial charge in [0.2, 0.25) is 0 Å². The lowest BCUT2D eigenvalue weighted by atomic mass is 9.84. The first-order valence-corrected chi connectivity index (χ1v) is 9.06. The van der Waals surface area contributed by atoms with Crippen molar-refractivity contribution in [3.05, 3.63) is 29.7 Å². The van der Waals surface area contributed by atoms with Crippen LogP contribution in [0.3, 0.4) is 0 Å². The fraction of sp³-hybridized carbons (Fsp3) is 0.471. The molecule has 0 aromatic carbocycles. The molecule has 1 aliphatic carbocycles. The number of amides is 1. The molecule has 0 spiro atoms. The quantitative estimate of drug-likeness (QED) is 0.922. The number of carboxylic acid groups (broad SMARTS) is 1. The number of hydrogen-bond donors (Lipinski definition) is 1. The predicted molar refractivity (Wildman–Crippen MR) is 87.8 cm³/mol. The van der Waals surface area contributed by atoms with Crippen molar-refractivity contribution in [2.45, 2.75) is 44.2 Å². The Morgan fingerprint density at radius 3 is 2.92 bits per heavy atom. The highest BCUT2D eigenvalue weighted by molar-refractivity contribution is 7.13. The highest BCUT2D eigenvalue weighted by Gasteiger charge is 2.48. The van der Waals surface area contributed by atoms with Crippen LogP contribution in [-0.4, -0.2) is 39.0 Å². The van der Waals surface area contributed by atoms with Crippen LogP contribution in [0.2, 0.25) is 0 Å².